The standard InChI is InChI=1S/C23H26F2N6O.C3H8.C2H6/c1-4-14(11-17(26)20-15(24)7-5-8-16(20)25)21(27)12(2)18-9-6-10-19(28-18)23-29-22(13(3)32)30-31-23;1-3-2;1-2/h5-13,32H,4,26-27H2,1-3H3,(H,29,30,31);3H2,1-2H3;1-2H3/b17-11-,21-14-;;/t12?,13-;;/m1../s1. The van der Waals surface area contributed by atoms with Gasteiger partial charge in [-0.15, -0.1) is 0 Å². The third-order valence-corrected chi connectivity index (χ3v) is 5.14. The lowest BCUT2D eigenvalue weighted by Crippen LogP contribution is -2.13. The molecule has 0 aliphatic carbocycles. The Labute approximate surface area is 218 Å². The highest BCUT2D eigenvalue weighted by Gasteiger charge is 2.17. The van der Waals surface area contributed by atoms with Crippen LogP contribution >= 0.6 is 0 Å². The van der Waals surface area contributed by atoms with Crippen LogP contribution in [0.2, 0.25) is 0 Å². The van der Waals surface area contributed by atoms with E-state index >= 15 is 0 Å². The molecule has 37 heavy (non-hydrogen) atoms. The van der Waals surface area contributed by atoms with Crippen molar-refractivity contribution in [3.05, 3.63) is 82.5 Å². The van der Waals surface area contributed by atoms with Gasteiger partial charge >= 0.3 is 0 Å². The van der Waals surface area contributed by atoms with E-state index < -0.39 is 17.7 Å². The fraction of sp³-hybridized carbons (Fsp3) is 0.393. The minimum absolute atomic E-state index is 0.0410. The molecule has 0 aliphatic rings. The van der Waals surface area contributed by atoms with Crippen LogP contribution in [0.25, 0.3) is 17.2 Å². The average molecular weight is 515 g/mol. The van der Waals surface area contributed by atoms with Crippen LogP contribution in [0.5, 0.6) is 0 Å². The van der Waals surface area contributed by atoms with Crippen molar-refractivity contribution in [3.63, 3.8) is 0 Å². The maximum absolute atomic E-state index is 14.1. The van der Waals surface area contributed by atoms with E-state index in [1.54, 1.807) is 13.0 Å². The number of benzene rings is 1. The molecule has 6 N–H and O–H groups in total. The molecule has 2 atom stereocenters. The first-order valence-corrected chi connectivity index (χ1v) is 12.6. The number of aromatic amines is 1. The molecule has 0 spiro atoms. The summed E-state index contributed by atoms with van der Waals surface area (Å²) in [5.74, 6) is -1.09. The first-order chi connectivity index (χ1) is 17.6. The van der Waals surface area contributed by atoms with E-state index in [0.29, 0.717) is 40.7 Å². The molecule has 2 heterocycles. The highest BCUT2D eigenvalue weighted by Crippen LogP contribution is 2.27. The maximum atomic E-state index is 14.1. The van der Waals surface area contributed by atoms with Crippen LogP contribution in [0, 0.1) is 11.6 Å². The van der Waals surface area contributed by atoms with Gasteiger partial charge in [-0.1, -0.05) is 60.1 Å². The van der Waals surface area contributed by atoms with Gasteiger partial charge in [0.25, 0.3) is 0 Å². The van der Waals surface area contributed by atoms with Gasteiger partial charge in [0.1, 0.15) is 23.4 Å². The van der Waals surface area contributed by atoms with Gasteiger partial charge in [0, 0.05) is 23.0 Å². The monoisotopic (exact) mass is 514 g/mol. The summed E-state index contributed by atoms with van der Waals surface area (Å²) in [5, 5.41) is 16.4. The van der Waals surface area contributed by atoms with Crippen LogP contribution in [0.4, 0.5) is 8.78 Å². The maximum Gasteiger partial charge on any atom is 0.199 e. The molecule has 3 aromatic rings. The largest absolute Gasteiger partial charge is 0.401 e. The second-order valence-electron chi connectivity index (χ2n) is 8.13. The van der Waals surface area contributed by atoms with Gasteiger partial charge in [-0.3, -0.25) is 5.10 Å². The molecule has 0 aliphatic heterocycles. The number of aromatic nitrogens is 4. The van der Waals surface area contributed by atoms with Crippen molar-refractivity contribution in [3.8, 4) is 11.5 Å². The van der Waals surface area contributed by atoms with E-state index in [4.69, 9.17) is 11.5 Å². The van der Waals surface area contributed by atoms with Crippen LogP contribution in [0.3, 0.4) is 0 Å². The SMILES string of the molecule is CC.CCC.CCC(/C=C(\N)c1c(F)cccc1F)=C(/N)C(C)c1cccc(-c2n[nH]c([C@@H](C)O)n2)n1. The number of halogens is 2. The quantitative estimate of drug-likeness (QED) is 0.272. The number of nitrogens with two attached hydrogens (primary N) is 2. The number of nitrogens with zero attached hydrogens (tertiary/aromatic N) is 3. The summed E-state index contributed by atoms with van der Waals surface area (Å²) in [6, 6.07) is 8.98. The zero-order valence-electron chi connectivity index (χ0n) is 22.8. The Morgan fingerprint density at radius 2 is 1.57 bits per heavy atom. The number of aliphatic hydroxyl groups is 1. The Kier molecular flexibility index (Phi) is 13.2. The molecule has 2 aromatic heterocycles. The number of hydrogen-bond acceptors (Lipinski definition) is 6. The van der Waals surface area contributed by atoms with Gasteiger partial charge in [0.15, 0.2) is 11.6 Å². The molecule has 202 valence electrons. The van der Waals surface area contributed by atoms with E-state index in [1.165, 1.54) is 18.6 Å². The van der Waals surface area contributed by atoms with Crippen molar-refractivity contribution in [1.29, 1.82) is 0 Å². The summed E-state index contributed by atoms with van der Waals surface area (Å²) in [5.41, 5.74) is 14.4. The molecule has 0 amide bonds. The number of hydrogen-bond donors (Lipinski definition) is 4. The third kappa shape index (κ3) is 8.49. The Balaban J connectivity index is 0.00000127. The van der Waals surface area contributed by atoms with Crippen molar-refractivity contribution in [2.75, 3.05) is 0 Å². The van der Waals surface area contributed by atoms with E-state index in [9.17, 15) is 13.9 Å². The number of rotatable bonds is 7. The van der Waals surface area contributed by atoms with Crippen LogP contribution in [-0.2, 0) is 0 Å². The minimum Gasteiger partial charge on any atom is -0.401 e. The summed E-state index contributed by atoms with van der Waals surface area (Å²) in [6.45, 7) is 13.6. The number of pyridine rings is 1. The van der Waals surface area contributed by atoms with Gasteiger partial charge in [-0.05, 0) is 49.3 Å². The molecule has 0 fully saturated rings. The van der Waals surface area contributed by atoms with E-state index in [2.05, 4.69) is 34.0 Å². The number of H-pyrrole nitrogens is 1. The molecule has 0 bridgehead atoms. The first-order valence-electron chi connectivity index (χ1n) is 12.6. The third-order valence-electron chi connectivity index (χ3n) is 5.14. The normalized spacial score (nSPS) is 13.4. The molecular formula is C28H40F2N6O. The summed E-state index contributed by atoms with van der Waals surface area (Å²) in [4.78, 5) is 8.85. The van der Waals surface area contributed by atoms with E-state index in [-0.39, 0.29) is 17.2 Å². The van der Waals surface area contributed by atoms with Gasteiger partial charge in [0.05, 0.1) is 5.56 Å². The molecule has 1 unspecified atom stereocenters. The van der Waals surface area contributed by atoms with E-state index in [0.717, 1.165) is 12.1 Å². The predicted molar refractivity (Wildman–Crippen MR) is 146 cm³/mol. The topological polar surface area (TPSA) is 127 Å². The van der Waals surface area contributed by atoms with Gasteiger partial charge in [-0.25, -0.2) is 18.7 Å². The van der Waals surface area contributed by atoms with Gasteiger partial charge in [-0.2, -0.15) is 5.10 Å². The van der Waals surface area contributed by atoms with Crippen molar-refractivity contribution in [2.45, 2.75) is 73.3 Å². The fourth-order valence-corrected chi connectivity index (χ4v) is 3.25. The number of aliphatic hydroxyl groups excluding tert-OH is 1. The second kappa shape index (κ2) is 15.5. The molecule has 9 heteroatoms. The summed E-state index contributed by atoms with van der Waals surface area (Å²) in [6.07, 6.45) is 2.48. The fourth-order valence-electron chi connectivity index (χ4n) is 3.25. The Hall–Kier alpha value is -3.59. The zero-order valence-corrected chi connectivity index (χ0v) is 22.8. The van der Waals surface area contributed by atoms with Crippen molar-refractivity contribution >= 4 is 5.70 Å². The van der Waals surface area contributed by atoms with Crippen LogP contribution in [-0.4, -0.2) is 25.3 Å². The van der Waals surface area contributed by atoms with Gasteiger partial charge in [0.2, 0.25) is 0 Å². The molecule has 0 radical (unpaired) electrons. The molecule has 3 rings (SSSR count). The van der Waals surface area contributed by atoms with Crippen molar-refractivity contribution < 1.29 is 13.9 Å². The zero-order chi connectivity index (χ0) is 28.1. The van der Waals surface area contributed by atoms with Crippen LogP contribution < -0.4 is 11.5 Å². The lowest BCUT2D eigenvalue weighted by molar-refractivity contribution is 0.189. The minimum atomic E-state index is -0.777. The Morgan fingerprint density at radius 1 is 1.00 bits per heavy atom. The molecular weight excluding hydrogens is 474 g/mol. The molecule has 0 saturated carbocycles. The molecule has 0 saturated heterocycles. The van der Waals surface area contributed by atoms with E-state index in [1.807, 2.05) is 39.8 Å². The van der Waals surface area contributed by atoms with Crippen molar-refractivity contribution in [2.24, 2.45) is 11.5 Å². The first kappa shape index (κ1) is 31.4. The Bertz CT molecular complexity index is 1170. The Morgan fingerprint density at radius 3 is 2.08 bits per heavy atom. The number of nitrogens with one attached hydrogen (secondary N) is 1. The predicted octanol–water partition coefficient (Wildman–Crippen LogP) is 6.37. The summed E-state index contributed by atoms with van der Waals surface area (Å²) in [7, 11) is 0. The molecule has 7 nitrogen and oxygen atoms in total. The summed E-state index contributed by atoms with van der Waals surface area (Å²) >= 11 is 0. The van der Waals surface area contributed by atoms with Crippen molar-refractivity contribution in [1.82, 2.24) is 20.2 Å². The van der Waals surface area contributed by atoms with Gasteiger partial charge < -0.3 is 16.6 Å². The van der Waals surface area contributed by atoms with Crippen LogP contribution in [0.1, 0.15) is 90.4 Å². The average Bonchev–Trinajstić information content (AvgIpc) is 3.39. The number of allylic oxidation sites excluding steroid dienone is 3. The highest BCUT2D eigenvalue weighted by atomic mass is 19.1. The smallest absolute Gasteiger partial charge is 0.199 e. The van der Waals surface area contributed by atoms with Crippen LogP contribution in [0.15, 0.2) is 53.7 Å². The lowest BCUT2D eigenvalue weighted by atomic mass is 9.96. The second-order valence-corrected chi connectivity index (χ2v) is 8.13. The molecule has 1 aromatic carbocycles. The summed E-state index contributed by atoms with van der Waals surface area (Å²) < 4.78 is 28.2. The lowest BCUT2D eigenvalue weighted by Gasteiger charge is -2.16. The highest BCUT2D eigenvalue weighted by molar-refractivity contribution is 5.66.